The van der Waals surface area contributed by atoms with Gasteiger partial charge in [-0.15, -0.1) is 0 Å². The van der Waals surface area contributed by atoms with E-state index in [0.717, 1.165) is 12.5 Å². The number of aryl methyl sites for hydroxylation is 2. The third-order valence-corrected chi connectivity index (χ3v) is 4.80. The van der Waals surface area contributed by atoms with E-state index in [2.05, 4.69) is 56.4 Å². The van der Waals surface area contributed by atoms with Crippen molar-refractivity contribution in [2.75, 3.05) is 25.5 Å². The average Bonchev–Trinajstić information content (AvgIpc) is 2.63. The molecule has 1 aromatic carbocycles. The van der Waals surface area contributed by atoms with Crippen LogP contribution in [0, 0.1) is 19.8 Å². The second kappa shape index (κ2) is 7.12. The number of hydrogen-bond donors (Lipinski definition) is 1. The molecule has 1 aromatic rings. The molecule has 0 radical (unpaired) electrons. The first-order valence-electron chi connectivity index (χ1n) is 8.07. The first-order valence-corrected chi connectivity index (χ1v) is 8.07. The fourth-order valence-electron chi connectivity index (χ4n) is 3.67. The molecular weight excluding hydrogens is 244 g/mol. The van der Waals surface area contributed by atoms with Crippen LogP contribution in [0.2, 0.25) is 0 Å². The molecule has 1 N–H and O–H groups in total. The van der Waals surface area contributed by atoms with Crippen LogP contribution >= 0.6 is 0 Å². The maximum atomic E-state index is 3.55. The molecular formula is C18H30N2. The van der Waals surface area contributed by atoms with Gasteiger partial charge in [0.2, 0.25) is 0 Å². The van der Waals surface area contributed by atoms with Crippen LogP contribution in [0.3, 0.4) is 0 Å². The van der Waals surface area contributed by atoms with Gasteiger partial charge in [-0.05, 0) is 51.3 Å². The average molecular weight is 274 g/mol. The van der Waals surface area contributed by atoms with Crippen LogP contribution in [0.5, 0.6) is 0 Å². The third kappa shape index (κ3) is 3.76. The van der Waals surface area contributed by atoms with E-state index in [1.807, 2.05) is 0 Å². The molecule has 0 aliphatic heterocycles. The Balaban J connectivity index is 2.06. The van der Waals surface area contributed by atoms with Crippen LogP contribution in [0.25, 0.3) is 0 Å². The summed E-state index contributed by atoms with van der Waals surface area (Å²) in [5.74, 6) is 0.771. The summed E-state index contributed by atoms with van der Waals surface area (Å²) < 4.78 is 0. The topological polar surface area (TPSA) is 15.3 Å². The highest BCUT2D eigenvalue weighted by Gasteiger charge is 2.23. The van der Waals surface area contributed by atoms with Gasteiger partial charge in [-0.1, -0.05) is 37.0 Å². The molecule has 2 heteroatoms. The monoisotopic (exact) mass is 274 g/mol. The minimum Gasteiger partial charge on any atom is -0.374 e. The molecule has 0 aromatic heterocycles. The molecule has 112 valence electrons. The SMILES string of the molecule is CNC1CCCCCC1CN(C)c1ccc(C)cc1C. The summed E-state index contributed by atoms with van der Waals surface area (Å²) in [4.78, 5) is 2.45. The standard InChI is InChI=1S/C18H30N2/c1-14-10-11-18(15(2)12-14)20(4)13-16-8-6-5-7-9-17(16)19-3/h10-12,16-17,19H,5-9,13H2,1-4H3. The Bertz CT molecular complexity index is 427. The number of nitrogens with zero attached hydrogens (tertiary/aromatic N) is 1. The summed E-state index contributed by atoms with van der Waals surface area (Å²) in [6.45, 7) is 5.55. The smallest absolute Gasteiger partial charge is 0.0393 e. The predicted molar refractivity (Wildman–Crippen MR) is 88.6 cm³/mol. The lowest BCUT2D eigenvalue weighted by Crippen LogP contribution is -2.39. The highest BCUT2D eigenvalue weighted by Crippen LogP contribution is 2.27. The normalized spacial score (nSPS) is 23.4. The second-order valence-corrected chi connectivity index (χ2v) is 6.46. The lowest BCUT2D eigenvalue weighted by atomic mass is 9.94. The molecule has 0 amide bonds. The van der Waals surface area contributed by atoms with Crippen molar-refractivity contribution in [3.05, 3.63) is 29.3 Å². The molecule has 1 aliphatic rings. The minimum absolute atomic E-state index is 0.686. The molecule has 2 rings (SSSR count). The molecule has 1 aliphatic carbocycles. The van der Waals surface area contributed by atoms with E-state index in [0.29, 0.717) is 6.04 Å². The number of anilines is 1. The van der Waals surface area contributed by atoms with Gasteiger partial charge in [0.15, 0.2) is 0 Å². The zero-order valence-corrected chi connectivity index (χ0v) is 13.6. The molecule has 1 saturated carbocycles. The molecule has 20 heavy (non-hydrogen) atoms. The van der Waals surface area contributed by atoms with Gasteiger partial charge in [-0.25, -0.2) is 0 Å². The van der Waals surface area contributed by atoms with Gasteiger partial charge in [-0.2, -0.15) is 0 Å². The molecule has 0 bridgehead atoms. The first kappa shape index (κ1) is 15.4. The Morgan fingerprint density at radius 2 is 1.90 bits per heavy atom. The van der Waals surface area contributed by atoms with Crippen molar-refractivity contribution in [1.82, 2.24) is 5.32 Å². The summed E-state index contributed by atoms with van der Waals surface area (Å²) in [6, 6.07) is 7.47. The van der Waals surface area contributed by atoms with Crippen molar-refractivity contribution < 1.29 is 0 Å². The number of nitrogens with one attached hydrogen (secondary N) is 1. The largest absolute Gasteiger partial charge is 0.374 e. The van der Waals surface area contributed by atoms with E-state index >= 15 is 0 Å². The Labute approximate surface area is 124 Å². The Morgan fingerprint density at radius 1 is 1.15 bits per heavy atom. The van der Waals surface area contributed by atoms with Crippen LogP contribution < -0.4 is 10.2 Å². The Kier molecular flexibility index (Phi) is 5.47. The van der Waals surface area contributed by atoms with Crippen molar-refractivity contribution in [3.63, 3.8) is 0 Å². The van der Waals surface area contributed by atoms with Gasteiger partial charge >= 0.3 is 0 Å². The lowest BCUT2D eigenvalue weighted by Gasteiger charge is -2.31. The minimum atomic E-state index is 0.686. The number of rotatable bonds is 4. The van der Waals surface area contributed by atoms with Gasteiger partial charge in [0, 0.05) is 25.3 Å². The quantitative estimate of drug-likeness (QED) is 0.838. The molecule has 2 atom stereocenters. The summed E-state index contributed by atoms with van der Waals surface area (Å²) in [5, 5.41) is 3.55. The van der Waals surface area contributed by atoms with Crippen LogP contribution in [0.15, 0.2) is 18.2 Å². The molecule has 0 spiro atoms. The number of benzene rings is 1. The maximum Gasteiger partial charge on any atom is 0.0393 e. The van der Waals surface area contributed by atoms with Crippen LogP contribution in [0.1, 0.15) is 43.2 Å². The van der Waals surface area contributed by atoms with Gasteiger partial charge < -0.3 is 10.2 Å². The van der Waals surface area contributed by atoms with E-state index in [1.54, 1.807) is 0 Å². The highest BCUT2D eigenvalue weighted by atomic mass is 15.1. The van der Waals surface area contributed by atoms with Crippen molar-refractivity contribution in [2.24, 2.45) is 5.92 Å². The van der Waals surface area contributed by atoms with E-state index < -0.39 is 0 Å². The van der Waals surface area contributed by atoms with Gasteiger partial charge in [0.05, 0.1) is 0 Å². The predicted octanol–water partition coefficient (Wildman–Crippen LogP) is 3.91. The zero-order valence-electron chi connectivity index (χ0n) is 13.6. The fourth-order valence-corrected chi connectivity index (χ4v) is 3.67. The zero-order chi connectivity index (χ0) is 14.5. The van der Waals surface area contributed by atoms with Crippen molar-refractivity contribution in [3.8, 4) is 0 Å². The summed E-state index contributed by atoms with van der Waals surface area (Å²) in [6.07, 6.45) is 6.88. The molecule has 2 nitrogen and oxygen atoms in total. The first-order chi connectivity index (χ1) is 9.61. The highest BCUT2D eigenvalue weighted by molar-refractivity contribution is 5.53. The van der Waals surface area contributed by atoms with Gasteiger partial charge in [0.25, 0.3) is 0 Å². The fraction of sp³-hybridized carbons (Fsp3) is 0.667. The summed E-state index contributed by atoms with van der Waals surface area (Å²) in [5.41, 5.74) is 4.12. The molecule has 0 saturated heterocycles. The maximum absolute atomic E-state index is 3.55. The Hall–Kier alpha value is -1.02. The van der Waals surface area contributed by atoms with Crippen molar-refractivity contribution in [1.29, 1.82) is 0 Å². The Morgan fingerprint density at radius 3 is 2.60 bits per heavy atom. The summed E-state index contributed by atoms with van der Waals surface area (Å²) >= 11 is 0. The van der Waals surface area contributed by atoms with E-state index in [9.17, 15) is 0 Å². The van der Waals surface area contributed by atoms with Crippen LogP contribution in [0.4, 0.5) is 5.69 Å². The van der Waals surface area contributed by atoms with E-state index in [4.69, 9.17) is 0 Å². The molecule has 0 heterocycles. The van der Waals surface area contributed by atoms with E-state index in [-0.39, 0.29) is 0 Å². The lowest BCUT2D eigenvalue weighted by molar-refractivity contribution is 0.356. The van der Waals surface area contributed by atoms with Crippen molar-refractivity contribution in [2.45, 2.75) is 52.0 Å². The van der Waals surface area contributed by atoms with Gasteiger partial charge in [-0.3, -0.25) is 0 Å². The van der Waals surface area contributed by atoms with Crippen LogP contribution in [-0.2, 0) is 0 Å². The van der Waals surface area contributed by atoms with Gasteiger partial charge in [0.1, 0.15) is 0 Å². The third-order valence-electron chi connectivity index (χ3n) is 4.80. The molecule has 1 fully saturated rings. The van der Waals surface area contributed by atoms with Crippen LogP contribution in [-0.4, -0.2) is 26.7 Å². The van der Waals surface area contributed by atoms with Crippen molar-refractivity contribution >= 4 is 5.69 Å². The number of hydrogen-bond acceptors (Lipinski definition) is 2. The summed E-state index contributed by atoms with van der Waals surface area (Å²) in [7, 11) is 4.37. The second-order valence-electron chi connectivity index (χ2n) is 6.46. The van der Waals surface area contributed by atoms with E-state index in [1.165, 1.54) is 48.9 Å². The molecule has 2 unspecified atom stereocenters.